The van der Waals surface area contributed by atoms with Gasteiger partial charge in [0.25, 0.3) is 11.8 Å². The van der Waals surface area contributed by atoms with Crippen LogP contribution in [0.3, 0.4) is 0 Å². The number of carbonyl (C=O) groups excluding carboxylic acids is 2. The van der Waals surface area contributed by atoms with Crippen molar-refractivity contribution in [2.45, 2.75) is 13.0 Å². The first-order chi connectivity index (χ1) is 13.9. The van der Waals surface area contributed by atoms with E-state index < -0.39 is 0 Å². The third-order valence-corrected chi connectivity index (χ3v) is 6.17. The molecule has 0 spiro atoms. The number of hydrogen-bond donors (Lipinski definition) is 0. The van der Waals surface area contributed by atoms with Gasteiger partial charge in [0.05, 0.1) is 14.9 Å². The lowest BCUT2D eigenvalue weighted by molar-refractivity contribution is 0.0409. The Bertz CT molecular complexity index is 1070. The third kappa shape index (κ3) is 4.14. The zero-order valence-electron chi connectivity index (χ0n) is 15.5. The van der Waals surface area contributed by atoms with Gasteiger partial charge in [-0.15, -0.1) is 16.4 Å². The van der Waals surface area contributed by atoms with Gasteiger partial charge in [0.15, 0.2) is 0 Å². The summed E-state index contributed by atoms with van der Waals surface area (Å²) < 4.78 is 2.10. The van der Waals surface area contributed by atoms with E-state index >= 15 is 0 Å². The highest BCUT2D eigenvalue weighted by molar-refractivity contribution is 7.17. The Hall–Kier alpha value is -2.42. The zero-order chi connectivity index (χ0) is 20.5. The minimum atomic E-state index is -0.260. The number of benzene rings is 1. The van der Waals surface area contributed by atoms with E-state index in [1.807, 2.05) is 13.0 Å². The third-order valence-electron chi connectivity index (χ3n) is 4.72. The highest BCUT2D eigenvalue weighted by Gasteiger charge is 2.32. The van der Waals surface area contributed by atoms with E-state index in [0.717, 1.165) is 5.69 Å². The molecule has 0 aliphatic carbocycles. The van der Waals surface area contributed by atoms with Crippen LogP contribution in [0.1, 0.15) is 27.2 Å². The standard InChI is InChI=1S/C19H17Cl2N5O2S/c1-12-10-24(18(27)15-5-6-16(21)29-15)7-8-25(12)19(28)17-22-11-26(23-17)14-4-2-3-13(20)9-14/h2-6,9,11-12H,7-8,10H2,1H3. The van der Waals surface area contributed by atoms with Crippen molar-refractivity contribution in [2.75, 3.05) is 19.6 Å². The van der Waals surface area contributed by atoms with E-state index in [1.54, 1.807) is 40.1 Å². The van der Waals surface area contributed by atoms with E-state index in [1.165, 1.54) is 22.3 Å². The average Bonchev–Trinajstić information content (AvgIpc) is 3.36. The molecule has 1 unspecified atom stereocenters. The Balaban J connectivity index is 1.45. The summed E-state index contributed by atoms with van der Waals surface area (Å²) in [6.45, 7) is 3.21. The molecule has 2 aromatic heterocycles. The Morgan fingerprint density at radius 3 is 2.66 bits per heavy atom. The molecule has 3 aromatic rings. The molecule has 0 radical (unpaired) electrons. The van der Waals surface area contributed by atoms with E-state index in [0.29, 0.717) is 33.9 Å². The molecule has 10 heteroatoms. The quantitative estimate of drug-likeness (QED) is 0.611. The topological polar surface area (TPSA) is 71.3 Å². The molecule has 0 N–H and O–H groups in total. The number of halogens is 2. The maximum Gasteiger partial charge on any atom is 0.293 e. The smallest absolute Gasteiger partial charge is 0.293 e. The molecule has 0 saturated carbocycles. The van der Waals surface area contributed by atoms with E-state index in [2.05, 4.69) is 10.1 Å². The number of nitrogens with zero attached hydrogens (tertiary/aromatic N) is 5. The zero-order valence-corrected chi connectivity index (χ0v) is 17.8. The Labute approximate surface area is 181 Å². The lowest BCUT2D eigenvalue weighted by Gasteiger charge is -2.39. The van der Waals surface area contributed by atoms with Crippen LogP contribution in [-0.2, 0) is 0 Å². The molecule has 4 rings (SSSR count). The van der Waals surface area contributed by atoms with Crippen LogP contribution in [-0.4, -0.2) is 62.1 Å². The second-order valence-electron chi connectivity index (χ2n) is 6.70. The lowest BCUT2D eigenvalue weighted by Crippen LogP contribution is -2.55. The van der Waals surface area contributed by atoms with Crippen LogP contribution in [0.15, 0.2) is 42.7 Å². The van der Waals surface area contributed by atoms with E-state index in [4.69, 9.17) is 23.2 Å². The van der Waals surface area contributed by atoms with Crippen molar-refractivity contribution >= 4 is 46.4 Å². The van der Waals surface area contributed by atoms with Crippen LogP contribution < -0.4 is 0 Å². The molecule has 3 heterocycles. The Kier molecular flexibility index (Phi) is 5.58. The summed E-state index contributed by atoms with van der Waals surface area (Å²) in [5.41, 5.74) is 0.724. The molecule has 29 heavy (non-hydrogen) atoms. The van der Waals surface area contributed by atoms with Gasteiger partial charge >= 0.3 is 0 Å². The monoisotopic (exact) mass is 449 g/mol. The summed E-state index contributed by atoms with van der Waals surface area (Å²) in [4.78, 5) is 33.7. The molecule has 0 bridgehead atoms. The molecule has 1 saturated heterocycles. The number of hydrogen-bond acceptors (Lipinski definition) is 5. The predicted molar refractivity (Wildman–Crippen MR) is 112 cm³/mol. The minimum absolute atomic E-state index is 0.0655. The summed E-state index contributed by atoms with van der Waals surface area (Å²) in [5.74, 6) is -0.213. The van der Waals surface area contributed by atoms with Gasteiger partial charge in [-0.2, -0.15) is 0 Å². The summed E-state index contributed by atoms with van der Waals surface area (Å²) in [5, 5.41) is 4.87. The van der Waals surface area contributed by atoms with Crippen LogP contribution in [0.4, 0.5) is 0 Å². The second-order valence-corrected chi connectivity index (χ2v) is 8.85. The summed E-state index contributed by atoms with van der Waals surface area (Å²) in [6.07, 6.45) is 1.49. The molecule has 1 aliphatic heterocycles. The lowest BCUT2D eigenvalue weighted by atomic mass is 10.1. The molecule has 1 fully saturated rings. The van der Waals surface area contributed by atoms with Crippen LogP contribution in [0.5, 0.6) is 0 Å². The highest BCUT2D eigenvalue weighted by atomic mass is 35.5. The first-order valence-electron chi connectivity index (χ1n) is 8.95. The fraction of sp³-hybridized carbons (Fsp3) is 0.263. The van der Waals surface area contributed by atoms with Crippen LogP contribution >= 0.6 is 34.5 Å². The largest absolute Gasteiger partial charge is 0.334 e. The van der Waals surface area contributed by atoms with Crippen molar-refractivity contribution < 1.29 is 9.59 Å². The summed E-state index contributed by atoms with van der Waals surface area (Å²) >= 11 is 13.2. The summed E-state index contributed by atoms with van der Waals surface area (Å²) in [6, 6.07) is 10.4. The van der Waals surface area contributed by atoms with Crippen molar-refractivity contribution in [1.82, 2.24) is 24.6 Å². The van der Waals surface area contributed by atoms with Crippen molar-refractivity contribution in [3.63, 3.8) is 0 Å². The Morgan fingerprint density at radius 2 is 1.97 bits per heavy atom. The van der Waals surface area contributed by atoms with Gasteiger partial charge < -0.3 is 9.80 Å². The number of thiophene rings is 1. The second kappa shape index (κ2) is 8.14. The SMILES string of the molecule is CC1CN(C(=O)c2ccc(Cl)s2)CCN1C(=O)c1ncn(-c2cccc(Cl)c2)n1. The Morgan fingerprint density at radius 1 is 1.14 bits per heavy atom. The number of piperazine rings is 1. The molecule has 1 aliphatic rings. The fourth-order valence-electron chi connectivity index (χ4n) is 3.26. The molecule has 1 atom stereocenters. The van der Waals surface area contributed by atoms with Gasteiger partial charge in [0, 0.05) is 30.7 Å². The highest BCUT2D eigenvalue weighted by Crippen LogP contribution is 2.24. The fourth-order valence-corrected chi connectivity index (χ4v) is 4.46. The van der Waals surface area contributed by atoms with Crippen molar-refractivity contribution in [3.05, 3.63) is 62.8 Å². The van der Waals surface area contributed by atoms with Crippen molar-refractivity contribution in [2.24, 2.45) is 0 Å². The molecule has 7 nitrogen and oxygen atoms in total. The molecule has 2 amide bonds. The maximum absolute atomic E-state index is 12.9. The van der Waals surface area contributed by atoms with Gasteiger partial charge in [0.1, 0.15) is 6.33 Å². The van der Waals surface area contributed by atoms with Gasteiger partial charge in [-0.3, -0.25) is 9.59 Å². The first kappa shape index (κ1) is 19.9. The van der Waals surface area contributed by atoms with Gasteiger partial charge in [-0.25, -0.2) is 9.67 Å². The van der Waals surface area contributed by atoms with Crippen LogP contribution in [0.2, 0.25) is 9.36 Å². The van der Waals surface area contributed by atoms with Gasteiger partial charge in [-0.1, -0.05) is 29.3 Å². The van der Waals surface area contributed by atoms with E-state index in [-0.39, 0.29) is 23.7 Å². The van der Waals surface area contributed by atoms with Crippen molar-refractivity contribution in [3.8, 4) is 5.69 Å². The van der Waals surface area contributed by atoms with Crippen LogP contribution in [0, 0.1) is 0 Å². The predicted octanol–water partition coefficient (Wildman–Crippen LogP) is 3.62. The van der Waals surface area contributed by atoms with Crippen molar-refractivity contribution in [1.29, 1.82) is 0 Å². The number of amides is 2. The maximum atomic E-state index is 12.9. The van der Waals surface area contributed by atoms with Gasteiger partial charge in [0.2, 0.25) is 5.82 Å². The number of rotatable bonds is 3. The van der Waals surface area contributed by atoms with E-state index in [9.17, 15) is 9.59 Å². The number of carbonyl (C=O) groups is 2. The molecular weight excluding hydrogens is 433 g/mol. The normalized spacial score (nSPS) is 16.9. The molecule has 150 valence electrons. The van der Waals surface area contributed by atoms with Crippen LogP contribution in [0.25, 0.3) is 5.69 Å². The average molecular weight is 450 g/mol. The first-order valence-corrected chi connectivity index (χ1v) is 10.5. The number of aromatic nitrogens is 3. The minimum Gasteiger partial charge on any atom is -0.334 e. The summed E-state index contributed by atoms with van der Waals surface area (Å²) in [7, 11) is 0. The molecular formula is C19H17Cl2N5O2S. The van der Waals surface area contributed by atoms with Gasteiger partial charge in [-0.05, 0) is 37.3 Å². The molecule has 1 aromatic carbocycles.